The first-order valence-electron chi connectivity index (χ1n) is 14.1. The van der Waals surface area contributed by atoms with Gasteiger partial charge in [0, 0.05) is 30.3 Å². The summed E-state index contributed by atoms with van der Waals surface area (Å²) in [7, 11) is -4.31. The van der Waals surface area contributed by atoms with Crippen molar-refractivity contribution < 1.29 is 36.0 Å². The number of nitro groups is 1. The van der Waals surface area contributed by atoms with Crippen LogP contribution in [0.15, 0.2) is 65.6 Å². The van der Waals surface area contributed by atoms with Crippen molar-refractivity contribution in [2.75, 3.05) is 0 Å². The van der Waals surface area contributed by atoms with Crippen molar-refractivity contribution in [1.29, 1.82) is 0 Å². The van der Waals surface area contributed by atoms with Crippen molar-refractivity contribution in [2.24, 2.45) is 0 Å². The van der Waals surface area contributed by atoms with Crippen LogP contribution >= 0.6 is 0 Å². The van der Waals surface area contributed by atoms with Crippen LogP contribution in [0, 0.1) is 30.9 Å². The van der Waals surface area contributed by atoms with Crippen molar-refractivity contribution in [3.63, 3.8) is 0 Å². The Bertz CT molecular complexity index is 1910. The van der Waals surface area contributed by atoms with Crippen LogP contribution in [-0.2, 0) is 22.7 Å². The summed E-state index contributed by atoms with van der Waals surface area (Å²) in [6.07, 6.45) is -4.11. The molecule has 0 aliphatic rings. The fourth-order valence-electron chi connectivity index (χ4n) is 4.47. The van der Waals surface area contributed by atoms with E-state index in [1.807, 2.05) is 19.1 Å². The number of hydrogen-bond acceptors (Lipinski definition) is 7. The standard InChI is InChI=1S/C31H32F3N5O6S/c1-6-20(4)37-46(43,44)27-16-24(39(41)42)12-13-26(27)45-30-21(5)28(36-38(30)25-14-18(2)10-11-19(25)3)29(40)35-17-22-8-7-9-23(15-22)31(32,33)34/h7-16,20,37H,6,17H2,1-5H3,(H,35,40). The van der Waals surface area contributed by atoms with Gasteiger partial charge >= 0.3 is 6.18 Å². The number of amides is 1. The normalized spacial score (nSPS) is 12.5. The molecule has 3 aromatic carbocycles. The number of benzene rings is 3. The number of non-ortho nitro benzene ring substituents is 1. The monoisotopic (exact) mass is 659 g/mol. The van der Waals surface area contributed by atoms with Crippen LogP contribution in [-0.4, -0.2) is 35.1 Å². The van der Waals surface area contributed by atoms with Gasteiger partial charge in [-0.1, -0.05) is 31.2 Å². The zero-order valence-corrected chi connectivity index (χ0v) is 26.4. The smallest absolute Gasteiger partial charge is 0.416 e. The Morgan fingerprint density at radius 2 is 1.80 bits per heavy atom. The predicted molar refractivity (Wildman–Crippen MR) is 164 cm³/mol. The van der Waals surface area contributed by atoms with E-state index in [-0.39, 0.29) is 35.0 Å². The zero-order valence-electron chi connectivity index (χ0n) is 25.6. The third-order valence-electron chi connectivity index (χ3n) is 7.19. The number of aryl methyl sites for hydroxylation is 2. The highest BCUT2D eigenvalue weighted by atomic mass is 32.2. The van der Waals surface area contributed by atoms with E-state index < -0.39 is 49.2 Å². The Hall–Kier alpha value is -4.76. The first kappa shape index (κ1) is 34.1. The summed E-state index contributed by atoms with van der Waals surface area (Å²) in [5.41, 5.74) is 0.981. The van der Waals surface area contributed by atoms with E-state index in [2.05, 4.69) is 15.1 Å². The van der Waals surface area contributed by atoms with Gasteiger partial charge < -0.3 is 10.1 Å². The minimum atomic E-state index is -4.55. The zero-order chi connectivity index (χ0) is 34.0. The molecule has 1 amide bonds. The van der Waals surface area contributed by atoms with E-state index in [0.717, 1.165) is 41.5 Å². The van der Waals surface area contributed by atoms with Gasteiger partial charge in [0.25, 0.3) is 11.6 Å². The molecule has 1 heterocycles. The van der Waals surface area contributed by atoms with Crippen LogP contribution in [0.1, 0.15) is 58.6 Å². The number of sulfonamides is 1. The van der Waals surface area contributed by atoms with Crippen molar-refractivity contribution >= 4 is 21.6 Å². The Morgan fingerprint density at radius 1 is 1.09 bits per heavy atom. The molecule has 0 saturated heterocycles. The number of hydrogen-bond donors (Lipinski definition) is 2. The molecule has 2 N–H and O–H groups in total. The molecular formula is C31H32F3N5O6S. The highest BCUT2D eigenvalue weighted by Gasteiger charge is 2.31. The molecule has 244 valence electrons. The summed E-state index contributed by atoms with van der Waals surface area (Å²) in [4.78, 5) is 23.7. The molecule has 0 bridgehead atoms. The van der Waals surface area contributed by atoms with Crippen LogP contribution in [0.2, 0.25) is 0 Å². The van der Waals surface area contributed by atoms with E-state index in [0.29, 0.717) is 12.1 Å². The molecule has 4 rings (SSSR count). The van der Waals surface area contributed by atoms with E-state index in [9.17, 15) is 36.5 Å². The van der Waals surface area contributed by atoms with Crippen molar-refractivity contribution in [3.8, 4) is 17.3 Å². The summed E-state index contributed by atoms with van der Waals surface area (Å²) >= 11 is 0. The second-order valence-corrected chi connectivity index (χ2v) is 12.5. The average Bonchev–Trinajstić information content (AvgIpc) is 3.31. The Balaban J connectivity index is 1.81. The summed E-state index contributed by atoms with van der Waals surface area (Å²) in [6, 6.07) is 12.6. The molecule has 4 aromatic rings. The molecular weight excluding hydrogens is 627 g/mol. The van der Waals surface area contributed by atoms with Gasteiger partial charge in [-0.05, 0) is 75.1 Å². The van der Waals surface area contributed by atoms with Crippen LogP contribution in [0.5, 0.6) is 11.6 Å². The minimum absolute atomic E-state index is 0.0493. The predicted octanol–water partition coefficient (Wildman–Crippen LogP) is 6.52. The fraction of sp³-hybridized carbons (Fsp3) is 0.290. The number of aromatic nitrogens is 2. The largest absolute Gasteiger partial charge is 0.437 e. The number of halogens is 3. The lowest BCUT2D eigenvalue weighted by Crippen LogP contribution is -2.32. The molecule has 46 heavy (non-hydrogen) atoms. The van der Waals surface area contributed by atoms with E-state index >= 15 is 0 Å². The molecule has 1 atom stereocenters. The number of ether oxygens (including phenoxy) is 1. The summed E-state index contributed by atoms with van der Waals surface area (Å²) in [6.45, 7) is 8.31. The number of carbonyl (C=O) groups is 1. The SMILES string of the molecule is CCC(C)NS(=O)(=O)c1cc([N+](=O)[O-])ccc1Oc1c(C)c(C(=O)NCc2cccc(C(F)(F)F)c2)nn1-c1cc(C)ccc1C. The van der Waals surface area contributed by atoms with Gasteiger partial charge in [0.05, 0.1) is 16.2 Å². The Labute approximate surface area is 263 Å². The number of rotatable bonds is 11. The molecule has 0 saturated carbocycles. The minimum Gasteiger partial charge on any atom is -0.437 e. The van der Waals surface area contributed by atoms with E-state index in [1.165, 1.54) is 23.7 Å². The molecule has 0 aliphatic carbocycles. The highest BCUT2D eigenvalue weighted by Crippen LogP contribution is 2.36. The average molecular weight is 660 g/mol. The maximum Gasteiger partial charge on any atom is 0.416 e. The first-order valence-corrected chi connectivity index (χ1v) is 15.6. The Kier molecular flexibility index (Phi) is 9.87. The third kappa shape index (κ3) is 7.54. The number of nitrogens with zero attached hydrogens (tertiary/aromatic N) is 3. The quantitative estimate of drug-likeness (QED) is 0.138. The maximum atomic E-state index is 13.4. The molecule has 15 heteroatoms. The lowest BCUT2D eigenvalue weighted by atomic mass is 10.1. The van der Waals surface area contributed by atoms with Gasteiger partial charge in [0.2, 0.25) is 15.9 Å². The third-order valence-corrected chi connectivity index (χ3v) is 8.80. The number of nitro benzene ring substituents is 1. The van der Waals surface area contributed by atoms with E-state index in [4.69, 9.17) is 4.74 Å². The van der Waals surface area contributed by atoms with Crippen LogP contribution < -0.4 is 14.8 Å². The first-order chi connectivity index (χ1) is 21.5. The summed E-state index contributed by atoms with van der Waals surface area (Å²) < 4.78 is 76.3. The molecule has 1 unspecified atom stereocenters. The molecule has 0 spiro atoms. The molecule has 0 radical (unpaired) electrons. The second-order valence-electron chi connectivity index (χ2n) is 10.8. The van der Waals surface area contributed by atoms with Gasteiger partial charge in [-0.2, -0.15) is 23.0 Å². The molecule has 11 nitrogen and oxygen atoms in total. The van der Waals surface area contributed by atoms with Gasteiger partial charge in [-0.25, -0.2) is 13.1 Å². The van der Waals surface area contributed by atoms with Gasteiger partial charge in [0.15, 0.2) is 5.69 Å². The number of nitrogens with one attached hydrogen (secondary N) is 2. The topological polar surface area (TPSA) is 145 Å². The lowest BCUT2D eigenvalue weighted by molar-refractivity contribution is -0.385. The summed E-state index contributed by atoms with van der Waals surface area (Å²) in [5.74, 6) is -1.03. The fourth-order valence-corrected chi connectivity index (χ4v) is 5.94. The van der Waals surface area contributed by atoms with Crippen molar-refractivity contribution in [1.82, 2.24) is 19.8 Å². The highest BCUT2D eigenvalue weighted by molar-refractivity contribution is 7.89. The summed E-state index contributed by atoms with van der Waals surface area (Å²) in [5, 5.41) is 18.6. The molecule has 0 fully saturated rings. The van der Waals surface area contributed by atoms with Crippen molar-refractivity contribution in [3.05, 3.63) is 104 Å². The van der Waals surface area contributed by atoms with E-state index in [1.54, 1.807) is 26.8 Å². The molecule has 1 aromatic heterocycles. The molecule has 0 aliphatic heterocycles. The van der Waals surface area contributed by atoms with Crippen molar-refractivity contribution in [2.45, 2.75) is 64.7 Å². The second kappa shape index (κ2) is 13.3. The van der Waals surface area contributed by atoms with Crippen LogP contribution in [0.3, 0.4) is 0 Å². The van der Waals surface area contributed by atoms with Crippen LogP contribution in [0.25, 0.3) is 5.69 Å². The Morgan fingerprint density at radius 3 is 2.46 bits per heavy atom. The number of carbonyl (C=O) groups excluding carboxylic acids is 1. The number of alkyl halides is 3. The van der Waals surface area contributed by atoms with Gasteiger partial charge in [-0.3, -0.25) is 14.9 Å². The van der Waals surface area contributed by atoms with Crippen LogP contribution in [0.4, 0.5) is 18.9 Å². The van der Waals surface area contributed by atoms with Gasteiger partial charge in [0.1, 0.15) is 10.6 Å². The lowest BCUT2D eigenvalue weighted by Gasteiger charge is -2.17. The van der Waals surface area contributed by atoms with Gasteiger partial charge in [-0.15, -0.1) is 0 Å². The maximum absolute atomic E-state index is 13.4.